The summed E-state index contributed by atoms with van der Waals surface area (Å²) in [5.41, 5.74) is 1.25. The molecule has 2 aliphatic rings. The summed E-state index contributed by atoms with van der Waals surface area (Å²) in [5, 5.41) is 3.08. The maximum atomic E-state index is 12.6. The van der Waals surface area contributed by atoms with Crippen LogP contribution in [0.15, 0.2) is 24.3 Å². The summed E-state index contributed by atoms with van der Waals surface area (Å²) >= 11 is 0. The highest BCUT2D eigenvalue weighted by Gasteiger charge is 2.31. The Balaban J connectivity index is 1.38. The van der Waals surface area contributed by atoms with Crippen LogP contribution >= 0.6 is 0 Å². The largest absolute Gasteiger partial charge is 0.497 e. The van der Waals surface area contributed by atoms with Crippen molar-refractivity contribution < 1.29 is 14.3 Å². The molecule has 1 N–H and O–H groups in total. The Morgan fingerprint density at radius 1 is 1.14 bits per heavy atom. The van der Waals surface area contributed by atoms with Gasteiger partial charge in [0, 0.05) is 26.1 Å². The third-order valence-corrected chi connectivity index (χ3v) is 6.17. The van der Waals surface area contributed by atoms with Gasteiger partial charge < -0.3 is 15.0 Å². The Bertz CT molecular complexity index is 638. The Hall–Kier alpha value is -2.04. The average Bonchev–Trinajstić information content (AvgIpc) is 2.74. The molecule has 0 radical (unpaired) electrons. The zero-order valence-electron chi connectivity index (χ0n) is 17.1. The molecule has 0 spiro atoms. The normalized spacial score (nSPS) is 20.8. The van der Waals surface area contributed by atoms with Gasteiger partial charge in [-0.25, -0.2) is 0 Å². The fourth-order valence-electron chi connectivity index (χ4n) is 4.43. The number of methoxy groups -OCH3 is 1. The number of hydrogen-bond acceptors (Lipinski definition) is 3. The van der Waals surface area contributed by atoms with Crippen LogP contribution < -0.4 is 10.1 Å². The molecular weight excluding hydrogens is 352 g/mol. The lowest BCUT2D eigenvalue weighted by molar-refractivity contribution is -0.139. The Morgan fingerprint density at radius 2 is 1.89 bits per heavy atom. The monoisotopic (exact) mass is 386 g/mol. The predicted molar refractivity (Wildman–Crippen MR) is 110 cm³/mol. The van der Waals surface area contributed by atoms with Crippen LogP contribution in [0, 0.1) is 11.8 Å². The number of hydrogen-bond donors (Lipinski definition) is 1. The molecular formula is C23H34N2O3. The lowest BCUT2D eigenvalue weighted by atomic mass is 9.87. The predicted octanol–water partition coefficient (Wildman–Crippen LogP) is 3.56. The van der Waals surface area contributed by atoms with E-state index in [-0.39, 0.29) is 17.7 Å². The van der Waals surface area contributed by atoms with Crippen molar-refractivity contribution in [2.45, 2.75) is 57.8 Å². The molecule has 1 atom stereocenters. The quantitative estimate of drug-likeness (QED) is 0.695. The van der Waals surface area contributed by atoms with Crippen molar-refractivity contribution in [1.29, 1.82) is 0 Å². The molecule has 1 heterocycles. The molecule has 3 rings (SSSR count). The number of ether oxygens (including phenoxy) is 1. The summed E-state index contributed by atoms with van der Waals surface area (Å²) in [6, 6.07) is 8.06. The molecule has 1 aliphatic heterocycles. The van der Waals surface area contributed by atoms with Crippen LogP contribution in [-0.4, -0.2) is 43.5 Å². The van der Waals surface area contributed by atoms with Gasteiger partial charge in [0.15, 0.2) is 0 Å². The number of rotatable bonds is 8. The molecule has 0 aromatic heterocycles. The highest BCUT2D eigenvalue weighted by atomic mass is 16.5. The zero-order valence-corrected chi connectivity index (χ0v) is 17.1. The first-order valence-corrected chi connectivity index (χ1v) is 10.8. The van der Waals surface area contributed by atoms with E-state index in [0.29, 0.717) is 31.8 Å². The van der Waals surface area contributed by atoms with E-state index in [2.05, 4.69) is 17.4 Å². The van der Waals surface area contributed by atoms with E-state index in [0.717, 1.165) is 25.1 Å². The van der Waals surface area contributed by atoms with E-state index in [9.17, 15) is 9.59 Å². The molecule has 1 aromatic carbocycles. The summed E-state index contributed by atoms with van der Waals surface area (Å²) in [5.74, 6) is 1.78. The minimum atomic E-state index is -0.0534. The molecule has 2 fully saturated rings. The number of amides is 2. The third-order valence-electron chi connectivity index (χ3n) is 6.17. The van der Waals surface area contributed by atoms with Crippen molar-refractivity contribution in [1.82, 2.24) is 10.2 Å². The van der Waals surface area contributed by atoms with Crippen LogP contribution in [0.5, 0.6) is 5.75 Å². The van der Waals surface area contributed by atoms with Gasteiger partial charge in [-0.05, 0) is 55.7 Å². The summed E-state index contributed by atoms with van der Waals surface area (Å²) in [6.45, 7) is 2.12. The van der Waals surface area contributed by atoms with Crippen molar-refractivity contribution in [3.8, 4) is 5.75 Å². The van der Waals surface area contributed by atoms with Crippen LogP contribution in [-0.2, 0) is 16.0 Å². The molecule has 1 aromatic rings. The van der Waals surface area contributed by atoms with E-state index in [4.69, 9.17) is 4.74 Å². The van der Waals surface area contributed by atoms with Gasteiger partial charge in [-0.15, -0.1) is 0 Å². The van der Waals surface area contributed by atoms with Crippen LogP contribution in [0.3, 0.4) is 0 Å². The van der Waals surface area contributed by atoms with E-state index in [1.807, 2.05) is 17.0 Å². The van der Waals surface area contributed by atoms with Crippen molar-refractivity contribution in [3.63, 3.8) is 0 Å². The van der Waals surface area contributed by atoms with Gasteiger partial charge in [-0.2, -0.15) is 0 Å². The molecule has 0 bridgehead atoms. The fraction of sp³-hybridized carbons (Fsp3) is 0.652. The van der Waals surface area contributed by atoms with Crippen LogP contribution in [0.1, 0.15) is 56.9 Å². The molecule has 5 heteroatoms. The summed E-state index contributed by atoms with van der Waals surface area (Å²) in [6.07, 6.45) is 9.39. The van der Waals surface area contributed by atoms with Crippen molar-refractivity contribution >= 4 is 11.8 Å². The standard InChI is InChI=1S/C23H34N2O3/c1-28-21-12-9-18(10-13-21)8-5-15-24-23(27)20-11-14-22(26)25(17-20)16-19-6-3-2-4-7-19/h9-10,12-13,19-20H,2-8,11,14-17H2,1H3,(H,24,27)/t20-/m0/s1. The van der Waals surface area contributed by atoms with Gasteiger partial charge in [0.05, 0.1) is 13.0 Å². The van der Waals surface area contributed by atoms with Crippen molar-refractivity contribution in [2.24, 2.45) is 11.8 Å². The average molecular weight is 387 g/mol. The number of likely N-dealkylation sites (tertiary alicyclic amines) is 1. The highest BCUT2D eigenvalue weighted by molar-refractivity contribution is 5.83. The van der Waals surface area contributed by atoms with Crippen LogP contribution in [0.4, 0.5) is 0 Å². The molecule has 1 saturated heterocycles. The molecule has 0 unspecified atom stereocenters. The second-order valence-electron chi connectivity index (χ2n) is 8.28. The number of benzene rings is 1. The van der Waals surface area contributed by atoms with E-state index in [1.54, 1.807) is 7.11 Å². The molecule has 1 saturated carbocycles. The van der Waals surface area contributed by atoms with E-state index >= 15 is 0 Å². The minimum absolute atomic E-state index is 0.0534. The first kappa shape index (κ1) is 20.7. The van der Waals surface area contributed by atoms with Crippen LogP contribution in [0.2, 0.25) is 0 Å². The number of carbonyl (C=O) groups is 2. The van der Waals surface area contributed by atoms with E-state index in [1.165, 1.54) is 37.7 Å². The number of nitrogens with one attached hydrogen (secondary N) is 1. The molecule has 2 amide bonds. The summed E-state index contributed by atoms with van der Waals surface area (Å²) < 4.78 is 5.17. The Labute approximate surface area is 168 Å². The van der Waals surface area contributed by atoms with Crippen LogP contribution in [0.25, 0.3) is 0 Å². The molecule has 154 valence electrons. The maximum absolute atomic E-state index is 12.6. The molecule has 5 nitrogen and oxygen atoms in total. The molecule has 28 heavy (non-hydrogen) atoms. The summed E-state index contributed by atoms with van der Waals surface area (Å²) in [7, 11) is 1.67. The van der Waals surface area contributed by atoms with Gasteiger partial charge >= 0.3 is 0 Å². The lowest BCUT2D eigenvalue weighted by Crippen LogP contribution is -2.47. The van der Waals surface area contributed by atoms with Gasteiger partial charge in [-0.1, -0.05) is 31.4 Å². The van der Waals surface area contributed by atoms with Crippen molar-refractivity contribution in [2.75, 3.05) is 26.7 Å². The second kappa shape index (κ2) is 10.5. The zero-order chi connectivity index (χ0) is 19.8. The van der Waals surface area contributed by atoms with Gasteiger partial charge in [0.25, 0.3) is 0 Å². The Kier molecular flexibility index (Phi) is 7.75. The maximum Gasteiger partial charge on any atom is 0.224 e. The smallest absolute Gasteiger partial charge is 0.224 e. The highest BCUT2D eigenvalue weighted by Crippen LogP contribution is 2.27. The minimum Gasteiger partial charge on any atom is -0.497 e. The molecule has 1 aliphatic carbocycles. The SMILES string of the molecule is COc1ccc(CCCNC(=O)[C@H]2CCC(=O)N(CC3CCCCC3)C2)cc1. The van der Waals surface area contributed by atoms with Crippen molar-refractivity contribution in [3.05, 3.63) is 29.8 Å². The fourth-order valence-corrected chi connectivity index (χ4v) is 4.43. The van der Waals surface area contributed by atoms with Gasteiger partial charge in [0.1, 0.15) is 5.75 Å². The number of piperidine rings is 1. The first-order valence-electron chi connectivity index (χ1n) is 10.8. The number of carbonyl (C=O) groups excluding carboxylic acids is 2. The number of nitrogens with zero attached hydrogens (tertiary/aromatic N) is 1. The lowest BCUT2D eigenvalue weighted by Gasteiger charge is -2.35. The summed E-state index contributed by atoms with van der Waals surface area (Å²) in [4.78, 5) is 26.8. The van der Waals surface area contributed by atoms with Gasteiger partial charge in [-0.3, -0.25) is 9.59 Å². The third kappa shape index (κ3) is 5.98. The first-order chi connectivity index (χ1) is 13.7. The van der Waals surface area contributed by atoms with Gasteiger partial charge in [0.2, 0.25) is 11.8 Å². The topological polar surface area (TPSA) is 58.6 Å². The second-order valence-corrected chi connectivity index (χ2v) is 8.28. The van der Waals surface area contributed by atoms with E-state index < -0.39 is 0 Å². The number of aryl methyl sites for hydroxylation is 1. The Morgan fingerprint density at radius 3 is 2.61 bits per heavy atom.